The van der Waals surface area contributed by atoms with Crippen molar-refractivity contribution in [3.8, 4) is 0 Å². The Labute approximate surface area is 60.0 Å². The Morgan fingerprint density at radius 3 is 2.90 bits per heavy atom. The first-order valence-electron chi connectivity index (χ1n) is 3.14. The number of halogens is 2. The summed E-state index contributed by atoms with van der Waals surface area (Å²) in [4.78, 5) is 0. The highest BCUT2D eigenvalue weighted by Gasteiger charge is 2.13. The molecule has 0 heterocycles. The van der Waals surface area contributed by atoms with Crippen LogP contribution in [0.3, 0.4) is 0 Å². The van der Waals surface area contributed by atoms with Gasteiger partial charge in [0, 0.05) is 6.42 Å². The van der Waals surface area contributed by atoms with Crippen LogP contribution in [-0.2, 0) is 0 Å². The molecule has 0 saturated carbocycles. The molecule has 3 heteroatoms. The lowest BCUT2D eigenvalue weighted by molar-refractivity contribution is 0.366. The van der Waals surface area contributed by atoms with Crippen LogP contribution in [0.2, 0.25) is 6.32 Å². The zero-order chi connectivity index (χ0) is 7.56. The van der Waals surface area contributed by atoms with Gasteiger partial charge in [-0.15, -0.1) is 0 Å². The molecular formula is C7H7BF2. The van der Waals surface area contributed by atoms with Crippen LogP contribution in [0.1, 0.15) is 6.42 Å². The third kappa shape index (κ3) is 1.46. The lowest BCUT2D eigenvalue weighted by atomic mass is 9.92. The van der Waals surface area contributed by atoms with Gasteiger partial charge in [0.25, 0.3) is 0 Å². The fourth-order valence-electron chi connectivity index (χ4n) is 0.860. The second-order valence-corrected chi connectivity index (χ2v) is 2.21. The van der Waals surface area contributed by atoms with Gasteiger partial charge in [0.1, 0.15) is 12.0 Å². The van der Waals surface area contributed by atoms with Crippen LogP contribution in [0, 0.1) is 0 Å². The molecule has 0 amide bonds. The third-order valence-electron chi connectivity index (χ3n) is 1.45. The number of rotatable bonds is 1. The molecule has 0 fully saturated rings. The van der Waals surface area contributed by atoms with E-state index >= 15 is 0 Å². The Morgan fingerprint density at radius 2 is 2.40 bits per heavy atom. The number of alkyl halides is 1. The minimum Gasteiger partial charge on any atom is -0.242 e. The predicted octanol–water partition coefficient (Wildman–Crippen LogP) is 2.09. The maximum Gasteiger partial charge on any atom is 0.125 e. The Hall–Kier alpha value is -0.595. The zero-order valence-electron chi connectivity index (χ0n) is 5.48. The Balaban J connectivity index is 2.73. The molecule has 1 aliphatic rings. The van der Waals surface area contributed by atoms with E-state index in [2.05, 4.69) is 0 Å². The molecule has 1 rings (SSSR count). The largest absolute Gasteiger partial charge is 0.242 e. The molecule has 0 aromatic carbocycles. The van der Waals surface area contributed by atoms with Gasteiger partial charge in [-0.1, -0.05) is 12.4 Å². The summed E-state index contributed by atoms with van der Waals surface area (Å²) in [6.45, 7) is 0. The van der Waals surface area contributed by atoms with Crippen LogP contribution in [0.5, 0.6) is 0 Å². The van der Waals surface area contributed by atoms with Gasteiger partial charge in [-0.05, 0) is 11.6 Å². The van der Waals surface area contributed by atoms with Gasteiger partial charge in [-0.2, -0.15) is 0 Å². The van der Waals surface area contributed by atoms with Gasteiger partial charge < -0.3 is 0 Å². The average molecular weight is 140 g/mol. The van der Waals surface area contributed by atoms with Crippen molar-refractivity contribution in [1.82, 2.24) is 0 Å². The molecule has 0 bridgehead atoms. The van der Waals surface area contributed by atoms with Crippen LogP contribution in [0.25, 0.3) is 0 Å². The highest BCUT2D eigenvalue weighted by molar-refractivity contribution is 6.10. The van der Waals surface area contributed by atoms with Crippen molar-refractivity contribution in [2.75, 3.05) is 0 Å². The number of allylic oxidation sites excluding steroid dienone is 4. The smallest absolute Gasteiger partial charge is 0.125 e. The van der Waals surface area contributed by atoms with Crippen molar-refractivity contribution in [2.45, 2.75) is 18.9 Å². The van der Waals surface area contributed by atoms with Gasteiger partial charge in [-0.25, -0.2) is 8.78 Å². The average Bonchev–Trinajstić information content (AvgIpc) is 1.88. The van der Waals surface area contributed by atoms with Gasteiger partial charge in [0.05, 0.1) is 7.85 Å². The second-order valence-electron chi connectivity index (χ2n) is 2.21. The van der Waals surface area contributed by atoms with Crippen LogP contribution in [-0.4, -0.2) is 14.0 Å². The number of hydrogen-bond donors (Lipinski definition) is 0. The summed E-state index contributed by atoms with van der Waals surface area (Å²) in [7, 11) is 5.17. The lowest BCUT2D eigenvalue weighted by Crippen LogP contribution is -2.02. The minimum absolute atomic E-state index is 0.148. The predicted molar refractivity (Wildman–Crippen MR) is 37.3 cm³/mol. The van der Waals surface area contributed by atoms with Gasteiger partial charge in [0.15, 0.2) is 0 Å². The van der Waals surface area contributed by atoms with E-state index in [9.17, 15) is 8.78 Å². The van der Waals surface area contributed by atoms with Crippen LogP contribution < -0.4 is 0 Å². The Morgan fingerprint density at radius 1 is 1.70 bits per heavy atom. The van der Waals surface area contributed by atoms with E-state index in [-0.39, 0.29) is 12.7 Å². The molecule has 10 heavy (non-hydrogen) atoms. The lowest BCUT2D eigenvalue weighted by Gasteiger charge is -2.10. The molecular weight excluding hydrogens is 133 g/mol. The Bertz CT molecular complexity index is 184. The first-order valence-corrected chi connectivity index (χ1v) is 3.14. The highest BCUT2D eigenvalue weighted by Crippen LogP contribution is 2.23. The van der Waals surface area contributed by atoms with E-state index in [1.54, 1.807) is 0 Å². The summed E-state index contributed by atoms with van der Waals surface area (Å²) in [5.74, 6) is -0.419. The summed E-state index contributed by atoms with van der Waals surface area (Å²) >= 11 is 0. The monoisotopic (exact) mass is 140 g/mol. The first kappa shape index (κ1) is 7.51. The highest BCUT2D eigenvalue weighted by atomic mass is 19.1. The first-order chi connectivity index (χ1) is 4.74. The summed E-state index contributed by atoms with van der Waals surface area (Å²) < 4.78 is 24.9. The summed E-state index contributed by atoms with van der Waals surface area (Å²) in [6.07, 6.45) is 1.56. The van der Waals surface area contributed by atoms with Crippen LogP contribution in [0.15, 0.2) is 23.6 Å². The minimum atomic E-state index is -1.17. The molecule has 0 aliphatic heterocycles. The molecule has 0 aromatic rings. The van der Waals surface area contributed by atoms with E-state index in [1.807, 2.05) is 0 Å². The standard InChI is InChI=1S/C7H7BF2/c8-4-5-1-2-6(9)3-7(5)10/h1-2,6H,3-4H2. The van der Waals surface area contributed by atoms with E-state index < -0.39 is 12.0 Å². The van der Waals surface area contributed by atoms with Crippen molar-refractivity contribution >= 4 is 7.85 Å². The Kier molecular flexibility index (Phi) is 2.25. The van der Waals surface area contributed by atoms with Crippen molar-refractivity contribution in [3.05, 3.63) is 23.6 Å². The van der Waals surface area contributed by atoms with Crippen molar-refractivity contribution in [3.63, 3.8) is 0 Å². The maximum atomic E-state index is 12.6. The molecule has 1 unspecified atom stereocenters. The zero-order valence-corrected chi connectivity index (χ0v) is 5.48. The fraction of sp³-hybridized carbons (Fsp3) is 0.429. The van der Waals surface area contributed by atoms with E-state index in [1.165, 1.54) is 12.2 Å². The van der Waals surface area contributed by atoms with E-state index in [0.717, 1.165) is 0 Å². The molecule has 0 saturated heterocycles. The molecule has 0 nitrogen and oxygen atoms in total. The normalized spacial score (nSPS) is 25.6. The maximum absolute atomic E-state index is 12.6. The third-order valence-corrected chi connectivity index (χ3v) is 1.45. The molecule has 2 radical (unpaired) electrons. The second kappa shape index (κ2) is 2.99. The molecule has 0 N–H and O–H groups in total. The van der Waals surface area contributed by atoms with Crippen LogP contribution in [0.4, 0.5) is 8.78 Å². The van der Waals surface area contributed by atoms with Gasteiger partial charge in [-0.3, -0.25) is 0 Å². The van der Waals surface area contributed by atoms with Crippen LogP contribution >= 0.6 is 0 Å². The topological polar surface area (TPSA) is 0 Å². The molecule has 1 atom stereocenters. The van der Waals surface area contributed by atoms with E-state index in [4.69, 9.17) is 7.85 Å². The summed E-state index contributed by atoms with van der Waals surface area (Å²) in [6, 6.07) is 0. The van der Waals surface area contributed by atoms with Crippen molar-refractivity contribution in [1.29, 1.82) is 0 Å². The molecule has 1 aliphatic carbocycles. The van der Waals surface area contributed by atoms with Gasteiger partial charge >= 0.3 is 0 Å². The molecule has 0 spiro atoms. The summed E-state index contributed by atoms with van der Waals surface area (Å²) in [5, 5.41) is 0. The summed E-state index contributed by atoms with van der Waals surface area (Å²) in [5.41, 5.74) is 0.411. The van der Waals surface area contributed by atoms with Gasteiger partial charge in [0.2, 0.25) is 0 Å². The molecule has 0 aromatic heterocycles. The number of hydrogen-bond acceptors (Lipinski definition) is 0. The SMILES string of the molecule is [B]CC1=C(F)CC(F)C=C1. The van der Waals surface area contributed by atoms with E-state index in [0.29, 0.717) is 5.57 Å². The molecule has 52 valence electrons. The quantitative estimate of drug-likeness (QED) is 0.489. The van der Waals surface area contributed by atoms with Crippen molar-refractivity contribution in [2.24, 2.45) is 0 Å². The van der Waals surface area contributed by atoms with Crippen molar-refractivity contribution < 1.29 is 8.78 Å². The fourth-order valence-corrected chi connectivity index (χ4v) is 0.860.